The second-order valence-electron chi connectivity index (χ2n) is 6.65. The summed E-state index contributed by atoms with van der Waals surface area (Å²) in [4.78, 5) is 14.5. The van der Waals surface area contributed by atoms with Crippen molar-refractivity contribution in [2.45, 2.75) is 31.8 Å². The molecule has 23 heavy (non-hydrogen) atoms. The highest BCUT2D eigenvalue weighted by Gasteiger charge is 2.39. The van der Waals surface area contributed by atoms with E-state index in [1.165, 1.54) is 11.1 Å². The topological polar surface area (TPSA) is 50.2 Å². The minimum atomic E-state index is -0.0431. The maximum absolute atomic E-state index is 12.3. The fraction of sp³-hybridized carbons (Fsp3) is 0.444. The van der Waals surface area contributed by atoms with Gasteiger partial charge in [-0.25, -0.2) is 0 Å². The van der Waals surface area contributed by atoms with Gasteiger partial charge in [-0.1, -0.05) is 24.3 Å². The van der Waals surface area contributed by atoms with Crippen molar-refractivity contribution in [3.63, 3.8) is 0 Å². The lowest BCUT2D eigenvalue weighted by Gasteiger charge is -2.36. The zero-order valence-electron chi connectivity index (χ0n) is 14.0. The van der Waals surface area contributed by atoms with Crippen molar-refractivity contribution in [3.8, 4) is 0 Å². The van der Waals surface area contributed by atoms with Gasteiger partial charge in [0.2, 0.25) is 5.91 Å². The number of carbonyl (C=O) groups is 1. The molecule has 0 saturated heterocycles. The number of nitrogens with zero attached hydrogens (tertiary/aromatic N) is 3. The van der Waals surface area contributed by atoms with E-state index in [-0.39, 0.29) is 18.0 Å². The van der Waals surface area contributed by atoms with Gasteiger partial charge >= 0.3 is 0 Å². The summed E-state index contributed by atoms with van der Waals surface area (Å²) < 4.78 is 1.72. The first-order chi connectivity index (χ1) is 11.0. The number of nitrogens with one attached hydrogen (secondary N) is 1. The van der Waals surface area contributed by atoms with Gasteiger partial charge in [-0.05, 0) is 51.1 Å². The van der Waals surface area contributed by atoms with Crippen LogP contribution in [0.2, 0.25) is 0 Å². The molecule has 0 fully saturated rings. The normalized spacial score (nSPS) is 15.7. The molecular formula is C18H24N4O. The van der Waals surface area contributed by atoms with E-state index in [9.17, 15) is 4.79 Å². The Kier molecular flexibility index (Phi) is 4.22. The maximum atomic E-state index is 12.3. The Morgan fingerprint density at radius 1 is 1.26 bits per heavy atom. The second kappa shape index (κ2) is 6.16. The van der Waals surface area contributed by atoms with Gasteiger partial charge in [-0.15, -0.1) is 0 Å². The summed E-state index contributed by atoms with van der Waals surface area (Å²) in [5, 5.41) is 7.27. The van der Waals surface area contributed by atoms with Crippen molar-refractivity contribution in [2.75, 3.05) is 20.6 Å². The number of fused-ring (bicyclic) bond motifs is 1. The summed E-state index contributed by atoms with van der Waals surface area (Å²) in [5.74, 6) is 0.00832. The zero-order valence-corrected chi connectivity index (χ0v) is 14.0. The van der Waals surface area contributed by atoms with Crippen molar-refractivity contribution in [2.24, 2.45) is 0 Å². The van der Waals surface area contributed by atoms with Crippen molar-refractivity contribution in [1.29, 1.82) is 0 Å². The first-order valence-electron chi connectivity index (χ1n) is 7.99. The largest absolute Gasteiger partial charge is 0.353 e. The average molecular weight is 312 g/mol. The van der Waals surface area contributed by atoms with Crippen LogP contribution in [0, 0.1) is 6.92 Å². The summed E-state index contributed by atoms with van der Waals surface area (Å²) in [6.45, 7) is 2.87. The molecule has 0 aliphatic heterocycles. The highest BCUT2D eigenvalue weighted by atomic mass is 16.2. The Hall–Kier alpha value is -2.14. The first kappa shape index (κ1) is 15.7. The lowest BCUT2D eigenvalue weighted by molar-refractivity contribution is -0.122. The number of amides is 1. The third-order valence-electron chi connectivity index (χ3n) is 4.94. The minimum Gasteiger partial charge on any atom is -0.353 e. The number of benzene rings is 1. The molecule has 2 aromatic rings. The predicted octanol–water partition coefficient (Wildman–Crippen LogP) is 1.41. The van der Waals surface area contributed by atoms with Gasteiger partial charge in [0, 0.05) is 24.0 Å². The Balaban J connectivity index is 1.65. The van der Waals surface area contributed by atoms with Crippen LogP contribution in [0.3, 0.4) is 0 Å². The number of hydrogen-bond acceptors (Lipinski definition) is 3. The molecule has 122 valence electrons. The molecule has 0 radical (unpaired) electrons. The van der Waals surface area contributed by atoms with Gasteiger partial charge in [0.05, 0.1) is 0 Å². The van der Waals surface area contributed by atoms with Gasteiger partial charge in [-0.3, -0.25) is 9.48 Å². The second-order valence-corrected chi connectivity index (χ2v) is 6.65. The summed E-state index contributed by atoms with van der Waals surface area (Å²) in [5.41, 5.74) is 3.73. The zero-order chi connectivity index (χ0) is 16.4. The van der Waals surface area contributed by atoms with E-state index in [1.54, 1.807) is 10.9 Å². The smallest absolute Gasteiger partial charge is 0.241 e. The summed E-state index contributed by atoms with van der Waals surface area (Å²) in [6.07, 6.45) is 3.66. The Morgan fingerprint density at radius 2 is 1.91 bits per heavy atom. The van der Waals surface area contributed by atoms with Crippen molar-refractivity contribution in [1.82, 2.24) is 20.0 Å². The highest BCUT2D eigenvalue weighted by molar-refractivity contribution is 5.75. The molecule has 0 unspecified atom stereocenters. The van der Waals surface area contributed by atoms with Gasteiger partial charge in [0.1, 0.15) is 6.54 Å². The van der Waals surface area contributed by atoms with E-state index in [0.29, 0.717) is 6.54 Å². The Bertz CT molecular complexity index is 680. The van der Waals surface area contributed by atoms with Crippen molar-refractivity contribution < 1.29 is 4.79 Å². The van der Waals surface area contributed by atoms with E-state index >= 15 is 0 Å². The van der Waals surface area contributed by atoms with Crippen molar-refractivity contribution >= 4 is 5.91 Å². The number of likely N-dealkylation sites (N-methyl/N-ethyl adjacent to an activating group) is 1. The van der Waals surface area contributed by atoms with E-state index in [2.05, 4.69) is 53.7 Å². The standard InChI is InChI=1S/C18H24N4O/c1-14-8-9-20-22(14)12-17(23)19-13-18(21(2)3)10-15-6-4-5-7-16(15)11-18/h4-9H,10-13H2,1-3H3,(H,19,23). The molecule has 1 aliphatic carbocycles. The fourth-order valence-corrected chi connectivity index (χ4v) is 3.29. The van der Waals surface area contributed by atoms with E-state index in [4.69, 9.17) is 0 Å². The number of aromatic nitrogens is 2. The number of carbonyl (C=O) groups excluding carboxylic acids is 1. The van der Waals surface area contributed by atoms with E-state index < -0.39 is 0 Å². The Morgan fingerprint density at radius 3 is 2.43 bits per heavy atom. The average Bonchev–Trinajstić information content (AvgIpc) is 3.09. The van der Waals surface area contributed by atoms with Crippen LogP contribution in [0.15, 0.2) is 36.5 Å². The molecule has 5 nitrogen and oxygen atoms in total. The molecule has 5 heteroatoms. The Labute approximate surface area is 137 Å². The maximum Gasteiger partial charge on any atom is 0.241 e. The quantitative estimate of drug-likeness (QED) is 0.908. The molecule has 0 spiro atoms. The molecule has 1 aliphatic rings. The number of rotatable bonds is 5. The summed E-state index contributed by atoms with van der Waals surface area (Å²) in [7, 11) is 4.19. The molecular weight excluding hydrogens is 288 g/mol. The number of aryl methyl sites for hydroxylation is 1. The molecule has 1 aromatic heterocycles. The van der Waals surface area contributed by atoms with Gasteiger partial charge in [0.15, 0.2) is 0 Å². The van der Waals surface area contributed by atoms with Crippen molar-refractivity contribution in [3.05, 3.63) is 53.3 Å². The third-order valence-corrected chi connectivity index (χ3v) is 4.94. The highest BCUT2D eigenvalue weighted by Crippen LogP contribution is 2.32. The molecule has 1 heterocycles. The molecule has 0 saturated carbocycles. The van der Waals surface area contributed by atoms with Crippen LogP contribution in [0.25, 0.3) is 0 Å². The third kappa shape index (κ3) is 3.15. The number of hydrogen-bond donors (Lipinski definition) is 1. The molecule has 1 N–H and O–H groups in total. The van der Waals surface area contributed by atoms with E-state index in [1.807, 2.05) is 13.0 Å². The monoisotopic (exact) mass is 312 g/mol. The van der Waals surface area contributed by atoms with Crippen LogP contribution in [0.5, 0.6) is 0 Å². The first-order valence-corrected chi connectivity index (χ1v) is 7.99. The summed E-state index contributed by atoms with van der Waals surface area (Å²) >= 11 is 0. The van der Waals surface area contributed by atoms with Crippen LogP contribution in [-0.2, 0) is 24.2 Å². The summed E-state index contributed by atoms with van der Waals surface area (Å²) in [6, 6.07) is 10.5. The predicted molar refractivity (Wildman–Crippen MR) is 90.2 cm³/mol. The van der Waals surface area contributed by atoms with Crippen LogP contribution in [-0.4, -0.2) is 46.8 Å². The van der Waals surface area contributed by atoms with Gasteiger partial charge in [-0.2, -0.15) is 5.10 Å². The molecule has 3 rings (SSSR count). The van der Waals surface area contributed by atoms with Crippen LogP contribution < -0.4 is 5.32 Å². The molecule has 0 bridgehead atoms. The molecule has 1 amide bonds. The lowest BCUT2D eigenvalue weighted by Crippen LogP contribution is -2.54. The van der Waals surface area contributed by atoms with Crippen LogP contribution >= 0.6 is 0 Å². The lowest BCUT2D eigenvalue weighted by atomic mass is 9.94. The molecule has 0 atom stereocenters. The van der Waals surface area contributed by atoms with E-state index in [0.717, 1.165) is 18.5 Å². The van der Waals surface area contributed by atoms with Gasteiger partial charge < -0.3 is 10.2 Å². The minimum absolute atomic E-state index is 0.00832. The van der Waals surface area contributed by atoms with Crippen LogP contribution in [0.1, 0.15) is 16.8 Å². The van der Waals surface area contributed by atoms with Gasteiger partial charge in [0.25, 0.3) is 0 Å². The van der Waals surface area contributed by atoms with Crippen LogP contribution in [0.4, 0.5) is 0 Å². The SMILES string of the molecule is Cc1ccnn1CC(=O)NCC1(N(C)C)Cc2ccccc2C1. The molecule has 1 aromatic carbocycles. The fourth-order valence-electron chi connectivity index (χ4n) is 3.29.